The van der Waals surface area contributed by atoms with Crippen LogP contribution in [0.4, 0.5) is 5.69 Å². The second kappa shape index (κ2) is 7.22. The number of amides is 1. The largest absolute Gasteiger partial charge is 0.496 e. The number of carbonyl (C=O) groups excluding carboxylic acids is 1. The zero-order chi connectivity index (χ0) is 16.0. The fourth-order valence-electron chi connectivity index (χ4n) is 1.75. The number of rotatable bonds is 7. The zero-order valence-corrected chi connectivity index (χ0v) is 11.7. The maximum atomic E-state index is 12.3. The molecule has 1 aromatic rings. The van der Waals surface area contributed by atoms with Gasteiger partial charge in [0.25, 0.3) is 11.6 Å². The molecule has 0 spiro atoms. The first kappa shape index (κ1) is 16.4. The Morgan fingerprint density at radius 2 is 2.10 bits per heavy atom. The number of carbonyl (C=O) groups is 2. The molecule has 0 atom stereocenters. The van der Waals surface area contributed by atoms with E-state index in [0.717, 1.165) is 6.07 Å². The number of methoxy groups -OCH3 is 1. The van der Waals surface area contributed by atoms with Gasteiger partial charge in [-0.3, -0.25) is 19.7 Å². The van der Waals surface area contributed by atoms with Gasteiger partial charge in [-0.25, -0.2) is 0 Å². The first-order chi connectivity index (χ1) is 9.86. The first-order valence-corrected chi connectivity index (χ1v) is 6.16. The monoisotopic (exact) mass is 296 g/mol. The van der Waals surface area contributed by atoms with Crippen LogP contribution in [0, 0.1) is 10.1 Å². The van der Waals surface area contributed by atoms with Crippen molar-refractivity contribution in [1.82, 2.24) is 4.90 Å². The van der Waals surface area contributed by atoms with Gasteiger partial charge in [-0.05, 0) is 12.5 Å². The summed E-state index contributed by atoms with van der Waals surface area (Å²) in [5.41, 5.74) is -0.136. The summed E-state index contributed by atoms with van der Waals surface area (Å²) in [6.07, 6.45) is 0.249. The lowest BCUT2D eigenvalue weighted by Gasteiger charge is -2.18. The molecule has 8 nitrogen and oxygen atoms in total. The Labute approximate surface area is 121 Å². The quantitative estimate of drug-likeness (QED) is 0.603. The smallest absolute Gasteiger partial charge is 0.303 e. The summed E-state index contributed by atoms with van der Waals surface area (Å²) in [6.45, 7) is 0.233. The summed E-state index contributed by atoms with van der Waals surface area (Å²) < 4.78 is 5.03. The minimum Gasteiger partial charge on any atom is -0.496 e. The highest BCUT2D eigenvalue weighted by Crippen LogP contribution is 2.25. The summed E-state index contributed by atoms with van der Waals surface area (Å²) in [4.78, 5) is 34.2. The maximum absolute atomic E-state index is 12.3. The molecular formula is C13H16N2O6. The third kappa shape index (κ3) is 4.44. The van der Waals surface area contributed by atoms with E-state index in [1.807, 2.05) is 0 Å². The standard InChI is InChI=1S/C13H16N2O6/c1-14(7-3-4-12(16)17)13(18)10-8-9(15(19)20)5-6-11(10)21-2/h5-6,8H,3-4,7H2,1-2H3,(H,16,17). The van der Waals surface area contributed by atoms with Crippen molar-refractivity contribution in [1.29, 1.82) is 0 Å². The van der Waals surface area contributed by atoms with Crippen molar-refractivity contribution >= 4 is 17.6 Å². The lowest BCUT2D eigenvalue weighted by Crippen LogP contribution is -2.28. The highest BCUT2D eigenvalue weighted by Gasteiger charge is 2.20. The number of aliphatic carboxylic acids is 1. The fraction of sp³-hybridized carbons (Fsp3) is 0.385. The number of ether oxygens (including phenoxy) is 1. The topological polar surface area (TPSA) is 110 Å². The predicted octanol–water partition coefficient (Wildman–Crippen LogP) is 1.54. The van der Waals surface area contributed by atoms with Crippen LogP contribution in [0.2, 0.25) is 0 Å². The molecule has 21 heavy (non-hydrogen) atoms. The molecule has 0 aliphatic carbocycles. The molecule has 0 heterocycles. The minimum atomic E-state index is -0.941. The van der Waals surface area contributed by atoms with Gasteiger partial charge in [0.15, 0.2) is 0 Å². The minimum absolute atomic E-state index is 0.0519. The van der Waals surface area contributed by atoms with Crippen molar-refractivity contribution < 1.29 is 24.4 Å². The Bertz CT molecular complexity index is 558. The van der Waals surface area contributed by atoms with Crippen LogP contribution in [0.1, 0.15) is 23.2 Å². The number of carboxylic acids is 1. The molecule has 1 aromatic carbocycles. The number of nitro groups is 1. The Morgan fingerprint density at radius 3 is 2.62 bits per heavy atom. The lowest BCUT2D eigenvalue weighted by atomic mass is 10.1. The van der Waals surface area contributed by atoms with Gasteiger partial charge in [0.1, 0.15) is 5.75 Å². The summed E-state index contributed by atoms with van der Waals surface area (Å²) in [6, 6.07) is 3.76. The van der Waals surface area contributed by atoms with Gasteiger partial charge >= 0.3 is 5.97 Å². The molecule has 0 unspecified atom stereocenters. The van der Waals surface area contributed by atoms with Gasteiger partial charge in [-0.15, -0.1) is 0 Å². The summed E-state index contributed by atoms with van der Waals surface area (Å²) in [7, 11) is 2.87. The van der Waals surface area contributed by atoms with Crippen LogP contribution < -0.4 is 4.74 Å². The number of hydrogen-bond acceptors (Lipinski definition) is 5. The van der Waals surface area contributed by atoms with E-state index in [0.29, 0.717) is 6.42 Å². The molecule has 0 aliphatic rings. The zero-order valence-electron chi connectivity index (χ0n) is 11.7. The van der Waals surface area contributed by atoms with Gasteiger partial charge in [0, 0.05) is 32.1 Å². The average Bonchev–Trinajstić information content (AvgIpc) is 2.45. The fourth-order valence-corrected chi connectivity index (χ4v) is 1.75. The number of non-ortho nitro benzene ring substituents is 1. The molecule has 0 aliphatic heterocycles. The molecule has 0 aromatic heterocycles. The predicted molar refractivity (Wildman–Crippen MR) is 73.5 cm³/mol. The molecule has 114 valence electrons. The first-order valence-electron chi connectivity index (χ1n) is 6.16. The molecule has 8 heteroatoms. The lowest BCUT2D eigenvalue weighted by molar-refractivity contribution is -0.384. The molecule has 1 amide bonds. The normalized spacial score (nSPS) is 10.0. The molecule has 0 bridgehead atoms. The van der Waals surface area contributed by atoms with E-state index >= 15 is 0 Å². The average molecular weight is 296 g/mol. The molecular weight excluding hydrogens is 280 g/mol. The van der Waals surface area contributed by atoms with Crippen LogP contribution in [0.25, 0.3) is 0 Å². The maximum Gasteiger partial charge on any atom is 0.303 e. The van der Waals surface area contributed by atoms with Crippen LogP contribution in [0.5, 0.6) is 5.75 Å². The van der Waals surface area contributed by atoms with Crippen LogP contribution in [-0.4, -0.2) is 47.5 Å². The summed E-state index contributed by atoms with van der Waals surface area (Å²) in [5.74, 6) is -1.17. The second-order valence-electron chi connectivity index (χ2n) is 4.37. The van der Waals surface area contributed by atoms with Crippen LogP contribution in [-0.2, 0) is 4.79 Å². The van der Waals surface area contributed by atoms with Crippen LogP contribution >= 0.6 is 0 Å². The number of benzene rings is 1. The number of hydrogen-bond donors (Lipinski definition) is 1. The Balaban J connectivity index is 2.91. The van der Waals surface area contributed by atoms with E-state index in [-0.39, 0.29) is 30.0 Å². The van der Waals surface area contributed by atoms with Crippen LogP contribution in [0.3, 0.4) is 0 Å². The molecule has 0 saturated heterocycles. The highest BCUT2D eigenvalue weighted by atomic mass is 16.6. The van der Waals surface area contributed by atoms with E-state index in [4.69, 9.17) is 9.84 Å². The van der Waals surface area contributed by atoms with Crippen molar-refractivity contribution in [2.75, 3.05) is 20.7 Å². The Morgan fingerprint density at radius 1 is 1.43 bits per heavy atom. The summed E-state index contributed by atoms with van der Waals surface area (Å²) >= 11 is 0. The van der Waals surface area contributed by atoms with Gasteiger partial charge in [-0.1, -0.05) is 0 Å². The molecule has 1 rings (SSSR count). The van der Waals surface area contributed by atoms with Gasteiger partial charge < -0.3 is 14.7 Å². The number of carboxylic acid groups (broad SMARTS) is 1. The van der Waals surface area contributed by atoms with Crippen molar-refractivity contribution in [3.05, 3.63) is 33.9 Å². The SMILES string of the molecule is COc1ccc([N+](=O)[O-])cc1C(=O)N(C)CCCC(=O)O. The van der Waals surface area contributed by atoms with E-state index in [1.165, 1.54) is 31.2 Å². The van der Waals surface area contributed by atoms with E-state index in [9.17, 15) is 19.7 Å². The second-order valence-corrected chi connectivity index (χ2v) is 4.37. The van der Waals surface area contributed by atoms with Crippen molar-refractivity contribution in [3.63, 3.8) is 0 Å². The van der Waals surface area contributed by atoms with Crippen molar-refractivity contribution in [2.24, 2.45) is 0 Å². The third-order valence-corrected chi connectivity index (χ3v) is 2.86. The molecule has 0 saturated carbocycles. The van der Waals surface area contributed by atoms with Crippen molar-refractivity contribution in [3.8, 4) is 5.75 Å². The molecule has 0 fully saturated rings. The van der Waals surface area contributed by atoms with E-state index in [1.54, 1.807) is 0 Å². The van der Waals surface area contributed by atoms with E-state index < -0.39 is 16.8 Å². The van der Waals surface area contributed by atoms with Crippen LogP contribution in [0.15, 0.2) is 18.2 Å². The Kier molecular flexibility index (Phi) is 5.65. The third-order valence-electron chi connectivity index (χ3n) is 2.86. The Hall–Kier alpha value is -2.64. The van der Waals surface area contributed by atoms with Gasteiger partial charge in [0.05, 0.1) is 17.6 Å². The highest BCUT2D eigenvalue weighted by molar-refractivity contribution is 5.97. The number of nitro benzene ring substituents is 1. The molecule has 1 N–H and O–H groups in total. The summed E-state index contributed by atoms with van der Waals surface area (Å²) in [5, 5.41) is 19.3. The van der Waals surface area contributed by atoms with Gasteiger partial charge in [-0.2, -0.15) is 0 Å². The van der Waals surface area contributed by atoms with E-state index in [2.05, 4.69) is 0 Å². The van der Waals surface area contributed by atoms with Crippen molar-refractivity contribution in [2.45, 2.75) is 12.8 Å². The number of nitrogens with zero attached hydrogens (tertiary/aromatic N) is 2. The molecule has 0 radical (unpaired) electrons. The van der Waals surface area contributed by atoms with Gasteiger partial charge in [0.2, 0.25) is 0 Å².